The molecule has 0 unspecified atom stereocenters. The fourth-order valence-electron chi connectivity index (χ4n) is 2.01. The number of rotatable bonds is 3. The Morgan fingerprint density at radius 1 is 1.32 bits per heavy atom. The molecule has 0 aliphatic carbocycles. The van der Waals surface area contributed by atoms with E-state index in [-0.39, 0.29) is 10.8 Å². The number of nitrogens with one attached hydrogen (secondary N) is 1. The van der Waals surface area contributed by atoms with E-state index in [0.29, 0.717) is 4.88 Å². The van der Waals surface area contributed by atoms with Gasteiger partial charge in [-0.25, -0.2) is 4.98 Å². The molecular weight excluding hydrogens is 318 g/mol. The zero-order valence-electron chi connectivity index (χ0n) is 12.0. The van der Waals surface area contributed by atoms with Gasteiger partial charge in [0.15, 0.2) is 0 Å². The van der Waals surface area contributed by atoms with Crippen LogP contribution in [-0.2, 0) is 7.05 Å². The lowest BCUT2D eigenvalue weighted by molar-refractivity contribution is 0.0967. The average Bonchev–Trinajstić information content (AvgIpc) is 3.10. The molecule has 5 nitrogen and oxygen atoms in total. The third kappa shape index (κ3) is 2.72. The number of aryl methyl sites for hydroxylation is 1. The van der Waals surface area contributed by atoms with Gasteiger partial charge in [-0.15, -0.1) is 11.3 Å². The van der Waals surface area contributed by atoms with Crippen molar-refractivity contribution >= 4 is 50.9 Å². The first-order valence-corrected chi connectivity index (χ1v) is 8.17. The van der Waals surface area contributed by atoms with Crippen LogP contribution in [-0.4, -0.2) is 22.5 Å². The number of hydrogen-bond donors (Lipinski definition) is 1. The first kappa shape index (κ1) is 14.7. The maximum Gasteiger partial charge on any atom is 0.307 e. The minimum absolute atomic E-state index is 0.0336. The van der Waals surface area contributed by atoms with Gasteiger partial charge in [-0.3, -0.25) is 9.59 Å². The molecule has 2 heterocycles. The lowest BCUT2D eigenvalue weighted by atomic mass is 10.2. The van der Waals surface area contributed by atoms with Gasteiger partial charge in [-0.05, 0) is 23.8 Å². The van der Waals surface area contributed by atoms with Crippen molar-refractivity contribution in [1.82, 2.24) is 14.9 Å². The minimum Gasteiger partial charge on any atom is -0.354 e. The van der Waals surface area contributed by atoms with E-state index in [1.807, 2.05) is 30.4 Å². The monoisotopic (exact) mass is 331 g/mol. The van der Waals surface area contributed by atoms with Gasteiger partial charge in [0.2, 0.25) is 0 Å². The van der Waals surface area contributed by atoms with Gasteiger partial charge < -0.3 is 9.88 Å². The van der Waals surface area contributed by atoms with E-state index < -0.39 is 0 Å². The fraction of sp³-hybridized carbons (Fsp3) is 0.133. The molecule has 0 spiro atoms. The second-order valence-corrected chi connectivity index (χ2v) is 6.68. The highest BCUT2D eigenvalue weighted by Gasteiger charge is 2.07. The number of hydrogen-bond acceptors (Lipinski definition) is 5. The topological polar surface area (TPSA) is 64.0 Å². The van der Waals surface area contributed by atoms with Crippen molar-refractivity contribution in [1.29, 1.82) is 0 Å². The van der Waals surface area contributed by atoms with Crippen molar-refractivity contribution in [3.8, 4) is 0 Å². The van der Waals surface area contributed by atoms with Crippen LogP contribution < -0.4 is 10.2 Å². The van der Waals surface area contributed by atoms with Crippen molar-refractivity contribution in [3.63, 3.8) is 0 Å². The number of nitrogens with zero attached hydrogens (tertiary/aromatic N) is 2. The highest BCUT2D eigenvalue weighted by atomic mass is 32.1. The van der Waals surface area contributed by atoms with Crippen LogP contribution in [0.25, 0.3) is 22.4 Å². The highest BCUT2D eigenvalue weighted by molar-refractivity contribution is 7.16. The third-order valence-corrected chi connectivity index (χ3v) is 5.17. The number of thiazole rings is 2. The molecule has 0 atom stereocenters. The summed E-state index contributed by atoms with van der Waals surface area (Å²) in [6.07, 6.45) is 5.36. The van der Waals surface area contributed by atoms with Crippen LogP contribution in [0.4, 0.5) is 0 Å². The summed E-state index contributed by atoms with van der Waals surface area (Å²) < 4.78 is 2.60. The Morgan fingerprint density at radius 3 is 2.91 bits per heavy atom. The van der Waals surface area contributed by atoms with Gasteiger partial charge in [0.25, 0.3) is 5.91 Å². The van der Waals surface area contributed by atoms with Crippen molar-refractivity contribution < 1.29 is 4.79 Å². The molecule has 3 rings (SSSR count). The molecule has 3 aromatic rings. The summed E-state index contributed by atoms with van der Waals surface area (Å²) in [6, 6.07) is 5.87. The Morgan fingerprint density at radius 2 is 2.14 bits per heavy atom. The molecule has 0 bridgehead atoms. The van der Waals surface area contributed by atoms with Crippen molar-refractivity contribution in [2.75, 3.05) is 7.05 Å². The van der Waals surface area contributed by atoms with E-state index in [2.05, 4.69) is 10.3 Å². The molecule has 0 aliphatic heterocycles. The second kappa shape index (κ2) is 5.86. The van der Waals surface area contributed by atoms with Gasteiger partial charge in [-0.2, -0.15) is 0 Å². The van der Waals surface area contributed by atoms with Crippen LogP contribution in [0.15, 0.2) is 29.2 Å². The van der Waals surface area contributed by atoms with Crippen LogP contribution in [0.1, 0.15) is 20.2 Å². The summed E-state index contributed by atoms with van der Waals surface area (Å²) in [7, 11) is 3.37. The van der Waals surface area contributed by atoms with Gasteiger partial charge in [0.05, 0.1) is 16.4 Å². The van der Waals surface area contributed by atoms with Gasteiger partial charge in [0.1, 0.15) is 9.88 Å². The zero-order valence-corrected chi connectivity index (χ0v) is 13.6. The summed E-state index contributed by atoms with van der Waals surface area (Å²) in [5, 5.41) is 3.34. The summed E-state index contributed by atoms with van der Waals surface area (Å²) in [4.78, 5) is 27.9. The lowest BCUT2D eigenvalue weighted by Gasteiger charge is -1.96. The van der Waals surface area contributed by atoms with Crippen LogP contribution in [0.5, 0.6) is 0 Å². The Hall–Kier alpha value is -2.25. The normalized spacial score (nSPS) is 11.4. The molecule has 22 heavy (non-hydrogen) atoms. The molecule has 2 aromatic heterocycles. The number of fused-ring (bicyclic) bond motifs is 1. The van der Waals surface area contributed by atoms with E-state index in [1.165, 1.54) is 22.7 Å². The summed E-state index contributed by atoms with van der Waals surface area (Å²) in [6.45, 7) is 0. The number of amides is 1. The van der Waals surface area contributed by atoms with Crippen LogP contribution in [0.3, 0.4) is 0 Å². The Kier molecular flexibility index (Phi) is 3.91. The van der Waals surface area contributed by atoms with Gasteiger partial charge in [0, 0.05) is 14.1 Å². The van der Waals surface area contributed by atoms with Crippen molar-refractivity contribution in [3.05, 3.63) is 49.5 Å². The predicted octanol–water partition coefficient (Wildman–Crippen LogP) is 2.59. The standard InChI is InChI=1S/C15H13N3O2S2/c1-16-14(19)12-8-17-13(21-12)6-4-9-3-5-10-11(7-9)22-15(20)18(10)2/h3-8H,1-2H3,(H,16,19)/b6-4+. The van der Waals surface area contributed by atoms with E-state index in [0.717, 1.165) is 20.8 Å². The highest BCUT2D eigenvalue weighted by Crippen LogP contribution is 2.20. The van der Waals surface area contributed by atoms with E-state index in [9.17, 15) is 9.59 Å². The van der Waals surface area contributed by atoms with Gasteiger partial charge >= 0.3 is 4.87 Å². The van der Waals surface area contributed by atoms with Crippen LogP contribution >= 0.6 is 22.7 Å². The molecule has 7 heteroatoms. The number of benzene rings is 1. The van der Waals surface area contributed by atoms with Crippen molar-refractivity contribution in [2.24, 2.45) is 7.05 Å². The zero-order chi connectivity index (χ0) is 15.7. The quantitative estimate of drug-likeness (QED) is 0.802. The average molecular weight is 331 g/mol. The second-order valence-electron chi connectivity index (χ2n) is 4.63. The smallest absolute Gasteiger partial charge is 0.307 e. The van der Waals surface area contributed by atoms with Crippen molar-refractivity contribution in [2.45, 2.75) is 0 Å². The molecule has 0 saturated carbocycles. The first-order valence-electron chi connectivity index (χ1n) is 6.54. The SMILES string of the molecule is CNC(=O)c1cnc(/C=C/c2ccc3c(c2)sc(=O)n3C)s1. The molecule has 1 aromatic carbocycles. The maximum absolute atomic E-state index is 11.6. The molecule has 0 aliphatic rings. The van der Waals surface area contributed by atoms with Crippen LogP contribution in [0.2, 0.25) is 0 Å². The third-order valence-electron chi connectivity index (χ3n) is 3.21. The summed E-state index contributed by atoms with van der Waals surface area (Å²) in [5.41, 5.74) is 1.93. The Bertz CT molecular complexity index is 934. The largest absolute Gasteiger partial charge is 0.354 e. The van der Waals surface area contributed by atoms with E-state index >= 15 is 0 Å². The molecule has 112 valence electrons. The predicted molar refractivity (Wildman–Crippen MR) is 91.5 cm³/mol. The lowest BCUT2D eigenvalue weighted by Crippen LogP contribution is -2.16. The van der Waals surface area contributed by atoms with Crippen LogP contribution in [0, 0.1) is 0 Å². The van der Waals surface area contributed by atoms with Gasteiger partial charge in [-0.1, -0.05) is 23.5 Å². The molecule has 1 N–H and O–H groups in total. The molecule has 0 saturated heterocycles. The fourth-order valence-corrected chi connectivity index (χ4v) is 3.71. The Balaban J connectivity index is 1.87. The Labute approximate surface area is 134 Å². The summed E-state index contributed by atoms with van der Waals surface area (Å²) in [5.74, 6) is -0.132. The molecule has 0 fully saturated rings. The number of carbonyl (C=O) groups excluding carboxylic acids is 1. The molecular formula is C15H13N3O2S2. The number of aromatic nitrogens is 2. The van der Waals surface area contributed by atoms with E-state index in [1.54, 1.807) is 24.9 Å². The number of carbonyl (C=O) groups is 1. The maximum atomic E-state index is 11.6. The first-order chi connectivity index (χ1) is 10.6. The van der Waals surface area contributed by atoms with E-state index in [4.69, 9.17) is 0 Å². The molecule has 1 amide bonds. The minimum atomic E-state index is -0.132. The molecule has 0 radical (unpaired) electrons. The summed E-state index contributed by atoms with van der Waals surface area (Å²) >= 11 is 2.57.